The van der Waals surface area contributed by atoms with Crippen LogP contribution in [0.15, 0.2) is 11.0 Å². The maximum Gasteiger partial charge on any atom is 0.287 e. The van der Waals surface area contributed by atoms with E-state index in [1.165, 1.54) is 6.20 Å². The Morgan fingerprint density at radius 2 is 2.44 bits per heavy atom. The lowest BCUT2D eigenvalue weighted by Crippen LogP contribution is -2.27. The minimum absolute atomic E-state index is 0.0578. The number of aliphatic hydroxyl groups is 1. The van der Waals surface area contributed by atoms with Gasteiger partial charge >= 0.3 is 0 Å². The smallest absolute Gasteiger partial charge is 0.287 e. The van der Waals surface area contributed by atoms with Crippen molar-refractivity contribution >= 4 is 17.3 Å². The van der Waals surface area contributed by atoms with E-state index in [-0.39, 0.29) is 24.2 Å². The number of anilines is 1. The van der Waals surface area contributed by atoms with Crippen molar-refractivity contribution in [2.75, 3.05) is 11.9 Å². The average Bonchev–Trinajstić information content (AvgIpc) is 2.37. The van der Waals surface area contributed by atoms with Crippen molar-refractivity contribution in [3.63, 3.8) is 0 Å². The number of aliphatic hydroxyl groups excluding tert-OH is 1. The number of terminal acetylenes is 1. The van der Waals surface area contributed by atoms with Crippen LogP contribution in [0.25, 0.3) is 0 Å². The monoisotopic (exact) mass is 269 g/mol. The van der Waals surface area contributed by atoms with Gasteiger partial charge in [0, 0.05) is 12.5 Å². The fraction of sp³-hybridized carbons (Fsp3) is 0.500. The predicted molar refractivity (Wildman–Crippen MR) is 71.7 cm³/mol. The Labute approximate surface area is 111 Å². The first-order valence-electron chi connectivity index (χ1n) is 5.70. The van der Waals surface area contributed by atoms with E-state index in [2.05, 4.69) is 16.3 Å². The second-order valence-electron chi connectivity index (χ2n) is 3.78. The van der Waals surface area contributed by atoms with E-state index in [9.17, 15) is 4.79 Å². The van der Waals surface area contributed by atoms with Crippen molar-refractivity contribution < 1.29 is 5.11 Å². The van der Waals surface area contributed by atoms with Gasteiger partial charge in [-0.1, -0.05) is 18.5 Å². The molecule has 0 aliphatic carbocycles. The minimum atomic E-state index is -0.425. The maximum atomic E-state index is 11.8. The molecule has 0 saturated carbocycles. The van der Waals surface area contributed by atoms with Gasteiger partial charge < -0.3 is 10.4 Å². The fourth-order valence-corrected chi connectivity index (χ4v) is 1.68. The second kappa shape index (κ2) is 7.04. The lowest BCUT2D eigenvalue weighted by molar-refractivity contribution is 0.266. The Kier molecular flexibility index (Phi) is 5.69. The number of rotatable bonds is 6. The van der Waals surface area contributed by atoms with Gasteiger partial charge in [-0.3, -0.25) is 4.79 Å². The molecule has 0 spiro atoms. The minimum Gasteiger partial charge on any atom is -0.394 e. The number of aromatic nitrogens is 2. The van der Waals surface area contributed by atoms with Crippen molar-refractivity contribution in [2.45, 2.75) is 32.4 Å². The van der Waals surface area contributed by atoms with Gasteiger partial charge in [-0.15, -0.1) is 12.3 Å². The van der Waals surface area contributed by atoms with E-state index in [1.54, 1.807) is 0 Å². The van der Waals surface area contributed by atoms with Gasteiger partial charge in [0.05, 0.1) is 25.0 Å². The van der Waals surface area contributed by atoms with Crippen LogP contribution < -0.4 is 10.9 Å². The highest BCUT2D eigenvalue weighted by molar-refractivity contribution is 6.32. The molecule has 1 unspecified atom stereocenters. The molecule has 2 N–H and O–H groups in total. The molecule has 0 aliphatic rings. The molecule has 18 heavy (non-hydrogen) atoms. The summed E-state index contributed by atoms with van der Waals surface area (Å²) in [5.41, 5.74) is 0.0456. The standard InChI is InChI=1S/C12H16ClN3O2/c1-3-5-9(4-2)15-10-8-14-16(6-7-17)12(18)11(10)13/h1,8-9,15,17H,4-7H2,2H3. The SMILES string of the molecule is C#CCC(CC)Nc1cnn(CCO)c(=O)c1Cl. The summed E-state index contributed by atoms with van der Waals surface area (Å²) >= 11 is 5.97. The molecule has 0 saturated heterocycles. The summed E-state index contributed by atoms with van der Waals surface area (Å²) < 4.78 is 1.12. The number of hydrogen-bond acceptors (Lipinski definition) is 4. The first-order chi connectivity index (χ1) is 8.63. The molecule has 6 heteroatoms. The normalized spacial score (nSPS) is 11.9. The molecular formula is C12H16ClN3O2. The second-order valence-corrected chi connectivity index (χ2v) is 4.16. The third kappa shape index (κ3) is 3.49. The molecule has 0 fully saturated rings. The van der Waals surface area contributed by atoms with Crippen molar-refractivity contribution in [3.8, 4) is 12.3 Å². The molecule has 1 heterocycles. The van der Waals surface area contributed by atoms with Crippen LogP contribution in [0.1, 0.15) is 19.8 Å². The highest BCUT2D eigenvalue weighted by atomic mass is 35.5. The maximum absolute atomic E-state index is 11.8. The summed E-state index contributed by atoms with van der Waals surface area (Å²) in [5, 5.41) is 15.9. The third-order valence-corrected chi connectivity index (χ3v) is 2.88. The van der Waals surface area contributed by atoms with Gasteiger partial charge in [-0.25, -0.2) is 4.68 Å². The van der Waals surface area contributed by atoms with Crippen molar-refractivity contribution in [2.24, 2.45) is 0 Å². The van der Waals surface area contributed by atoms with Crippen LogP contribution >= 0.6 is 11.6 Å². The van der Waals surface area contributed by atoms with Crippen LogP contribution in [0, 0.1) is 12.3 Å². The highest BCUT2D eigenvalue weighted by Crippen LogP contribution is 2.17. The molecule has 0 aromatic carbocycles. The van der Waals surface area contributed by atoms with Crippen LogP contribution in [0.3, 0.4) is 0 Å². The van der Waals surface area contributed by atoms with Gasteiger partial charge in [0.1, 0.15) is 5.02 Å². The summed E-state index contributed by atoms with van der Waals surface area (Å²) in [5.74, 6) is 2.56. The first-order valence-corrected chi connectivity index (χ1v) is 6.08. The molecule has 0 aliphatic heterocycles. The summed E-state index contributed by atoms with van der Waals surface area (Å²) in [4.78, 5) is 11.8. The quantitative estimate of drug-likeness (QED) is 0.759. The Hall–Kier alpha value is -1.51. The lowest BCUT2D eigenvalue weighted by atomic mass is 10.1. The largest absolute Gasteiger partial charge is 0.394 e. The van der Waals surface area contributed by atoms with Crippen molar-refractivity contribution in [1.29, 1.82) is 0 Å². The zero-order chi connectivity index (χ0) is 13.5. The Morgan fingerprint density at radius 3 is 3.00 bits per heavy atom. The first kappa shape index (κ1) is 14.6. The average molecular weight is 270 g/mol. The van der Waals surface area contributed by atoms with Crippen molar-refractivity contribution in [3.05, 3.63) is 21.6 Å². The topological polar surface area (TPSA) is 67.2 Å². The lowest BCUT2D eigenvalue weighted by Gasteiger charge is -2.16. The predicted octanol–water partition coefficient (Wildman–Crippen LogP) is 1.10. The summed E-state index contributed by atoms with van der Waals surface area (Å²) in [6.07, 6.45) is 8.10. The van der Waals surface area contributed by atoms with Crippen LogP contribution in [0.2, 0.25) is 5.02 Å². The molecule has 98 valence electrons. The number of nitrogens with one attached hydrogen (secondary N) is 1. The van der Waals surface area contributed by atoms with Crippen LogP contribution in [-0.4, -0.2) is 27.5 Å². The Morgan fingerprint density at radius 1 is 1.72 bits per heavy atom. The van der Waals surface area contributed by atoms with Crippen molar-refractivity contribution in [1.82, 2.24) is 9.78 Å². The Balaban J connectivity index is 2.95. The van der Waals surface area contributed by atoms with Crippen LogP contribution in [0.5, 0.6) is 0 Å². The number of nitrogens with zero attached hydrogens (tertiary/aromatic N) is 2. The summed E-state index contributed by atoms with van der Waals surface area (Å²) in [6.45, 7) is 1.95. The molecule has 0 radical (unpaired) electrons. The highest BCUT2D eigenvalue weighted by Gasteiger charge is 2.12. The molecular weight excluding hydrogens is 254 g/mol. The summed E-state index contributed by atoms with van der Waals surface area (Å²) in [7, 11) is 0. The van der Waals surface area contributed by atoms with Gasteiger partial charge in [0.2, 0.25) is 0 Å². The van der Waals surface area contributed by atoms with E-state index in [1.807, 2.05) is 6.92 Å². The van der Waals surface area contributed by atoms with Crippen LogP contribution in [0.4, 0.5) is 5.69 Å². The van der Waals surface area contributed by atoms with E-state index < -0.39 is 5.56 Å². The van der Waals surface area contributed by atoms with E-state index in [4.69, 9.17) is 23.1 Å². The van der Waals surface area contributed by atoms with E-state index >= 15 is 0 Å². The van der Waals surface area contributed by atoms with E-state index in [0.29, 0.717) is 12.1 Å². The Bertz CT molecular complexity index is 493. The van der Waals surface area contributed by atoms with Gasteiger partial charge in [-0.05, 0) is 6.42 Å². The molecule has 1 aromatic rings. The third-order valence-electron chi connectivity index (χ3n) is 2.51. The van der Waals surface area contributed by atoms with Crippen LogP contribution in [-0.2, 0) is 6.54 Å². The molecule has 1 atom stereocenters. The zero-order valence-corrected chi connectivity index (χ0v) is 10.9. The van der Waals surface area contributed by atoms with Gasteiger partial charge in [0.15, 0.2) is 0 Å². The molecule has 0 bridgehead atoms. The summed E-state index contributed by atoms with van der Waals surface area (Å²) in [6, 6.07) is 0.0578. The zero-order valence-electron chi connectivity index (χ0n) is 10.2. The van der Waals surface area contributed by atoms with Gasteiger partial charge in [-0.2, -0.15) is 5.10 Å². The molecule has 5 nitrogen and oxygen atoms in total. The molecule has 1 aromatic heterocycles. The van der Waals surface area contributed by atoms with Gasteiger partial charge in [0.25, 0.3) is 5.56 Å². The van der Waals surface area contributed by atoms with E-state index in [0.717, 1.165) is 11.1 Å². The number of hydrogen-bond donors (Lipinski definition) is 2. The molecule has 0 amide bonds. The fourth-order valence-electron chi connectivity index (χ4n) is 1.48. The number of halogens is 1. The molecule has 1 rings (SSSR count).